The van der Waals surface area contributed by atoms with Crippen LogP contribution in [-0.4, -0.2) is 37.0 Å². The number of methoxy groups -OCH3 is 1. The standard InChI is InChI=1S/C10H13NO3/c1-14-9(13)11-6-10(7-11)4-2-3-8(12)5-10/h2-3H,4-7H2,1H3. The van der Waals surface area contributed by atoms with E-state index in [0.29, 0.717) is 19.5 Å². The van der Waals surface area contributed by atoms with E-state index in [2.05, 4.69) is 4.74 Å². The molecule has 1 heterocycles. The van der Waals surface area contributed by atoms with Crippen LogP contribution < -0.4 is 0 Å². The van der Waals surface area contributed by atoms with Gasteiger partial charge in [0.05, 0.1) is 7.11 Å². The van der Waals surface area contributed by atoms with Crippen molar-refractivity contribution >= 4 is 11.9 Å². The number of amides is 1. The zero-order valence-corrected chi connectivity index (χ0v) is 8.16. The average molecular weight is 195 g/mol. The highest BCUT2D eigenvalue weighted by Crippen LogP contribution is 2.40. The van der Waals surface area contributed by atoms with E-state index >= 15 is 0 Å². The lowest BCUT2D eigenvalue weighted by atomic mass is 9.71. The normalized spacial score (nSPS) is 23.5. The molecular weight excluding hydrogens is 182 g/mol. The Morgan fingerprint density at radius 2 is 2.29 bits per heavy atom. The van der Waals surface area contributed by atoms with Crippen LogP contribution in [0, 0.1) is 5.41 Å². The second-order valence-corrected chi connectivity index (χ2v) is 4.08. The molecule has 2 aliphatic rings. The van der Waals surface area contributed by atoms with E-state index in [4.69, 9.17) is 0 Å². The molecular formula is C10H13NO3. The summed E-state index contributed by atoms with van der Waals surface area (Å²) in [6.45, 7) is 1.30. The maximum atomic E-state index is 11.2. The number of rotatable bonds is 0. The maximum absolute atomic E-state index is 11.2. The van der Waals surface area contributed by atoms with E-state index in [-0.39, 0.29) is 17.3 Å². The molecule has 1 amide bonds. The Hall–Kier alpha value is -1.32. The number of carbonyl (C=O) groups is 2. The summed E-state index contributed by atoms with van der Waals surface area (Å²) in [6.07, 6.45) is 4.70. The smallest absolute Gasteiger partial charge is 0.409 e. The topological polar surface area (TPSA) is 46.6 Å². The van der Waals surface area contributed by atoms with Gasteiger partial charge < -0.3 is 9.64 Å². The summed E-state index contributed by atoms with van der Waals surface area (Å²) in [5.41, 5.74) is 0.0139. The first-order valence-corrected chi connectivity index (χ1v) is 4.67. The van der Waals surface area contributed by atoms with Gasteiger partial charge in [-0.15, -0.1) is 0 Å². The Morgan fingerprint density at radius 3 is 2.86 bits per heavy atom. The third kappa shape index (κ3) is 1.41. The largest absolute Gasteiger partial charge is 0.453 e. The molecule has 4 nitrogen and oxygen atoms in total. The lowest BCUT2D eigenvalue weighted by Gasteiger charge is -2.49. The molecule has 76 valence electrons. The number of hydrogen-bond donors (Lipinski definition) is 0. The summed E-state index contributed by atoms with van der Waals surface area (Å²) in [7, 11) is 1.37. The first kappa shape index (κ1) is 9.24. The van der Waals surface area contributed by atoms with Crippen LogP contribution in [0.1, 0.15) is 12.8 Å². The Kier molecular flexibility index (Phi) is 2.06. The van der Waals surface area contributed by atoms with E-state index in [0.717, 1.165) is 6.42 Å². The van der Waals surface area contributed by atoms with Gasteiger partial charge in [-0.25, -0.2) is 4.79 Å². The molecule has 0 N–H and O–H groups in total. The first-order valence-electron chi connectivity index (χ1n) is 4.67. The van der Waals surface area contributed by atoms with Gasteiger partial charge in [0.1, 0.15) is 0 Å². The van der Waals surface area contributed by atoms with Gasteiger partial charge in [-0.05, 0) is 12.5 Å². The van der Waals surface area contributed by atoms with Crippen LogP contribution >= 0.6 is 0 Å². The van der Waals surface area contributed by atoms with Crippen LogP contribution in [-0.2, 0) is 9.53 Å². The second kappa shape index (κ2) is 3.12. The van der Waals surface area contributed by atoms with E-state index in [9.17, 15) is 9.59 Å². The molecule has 0 unspecified atom stereocenters. The molecule has 0 aromatic heterocycles. The zero-order valence-electron chi connectivity index (χ0n) is 8.16. The monoisotopic (exact) mass is 195 g/mol. The molecule has 0 atom stereocenters. The van der Waals surface area contributed by atoms with Crippen LogP contribution in [0.4, 0.5) is 4.79 Å². The number of hydrogen-bond acceptors (Lipinski definition) is 3. The average Bonchev–Trinajstić information content (AvgIpc) is 2.13. The van der Waals surface area contributed by atoms with Crippen molar-refractivity contribution in [2.24, 2.45) is 5.41 Å². The minimum Gasteiger partial charge on any atom is -0.453 e. The minimum absolute atomic E-state index is 0.0139. The van der Waals surface area contributed by atoms with Gasteiger partial charge in [0.2, 0.25) is 0 Å². The van der Waals surface area contributed by atoms with Gasteiger partial charge in [-0.1, -0.05) is 6.08 Å². The summed E-state index contributed by atoms with van der Waals surface area (Å²) in [5.74, 6) is 0.167. The highest BCUT2D eigenvalue weighted by atomic mass is 16.5. The molecule has 1 fully saturated rings. The molecule has 0 aromatic carbocycles. The lowest BCUT2D eigenvalue weighted by Crippen LogP contribution is -2.59. The van der Waals surface area contributed by atoms with E-state index in [1.165, 1.54) is 7.11 Å². The molecule has 14 heavy (non-hydrogen) atoms. The fraction of sp³-hybridized carbons (Fsp3) is 0.600. The zero-order chi connectivity index (χ0) is 10.2. The predicted molar refractivity (Wildman–Crippen MR) is 49.8 cm³/mol. The van der Waals surface area contributed by atoms with Crippen LogP contribution in [0.15, 0.2) is 12.2 Å². The third-order valence-electron chi connectivity index (χ3n) is 2.89. The number of likely N-dealkylation sites (tertiary alicyclic amines) is 1. The molecule has 4 heteroatoms. The fourth-order valence-corrected chi connectivity index (χ4v) is 2.20. The highest BCUT2D eigenvalue weighted by molar-refractivity contribution is 5.91. The molecule has 0 saturated carbocycles. The van der Waals surface area contributed by atoms with Crippen molar-refractivity contribution in [2.45, 2.75) is 12.8 Å². The van der Waals surface area contributed by atoms with Gasteiger partial charge in [-0.3, -0.25) is 4.79 Å². The van der Waals surface area contributed by atoms with Crippen LogP contribution in [0.25, 0.3) is 0 Å². The molecule has 0 aromatic rings. The van der Waals surface area contributed by atoms with Crippen LogP contribution in [0.3, 0.4) is 0 Å². The summed E-state index contributed by atoms with van der Waals surface area (Å²) in [5, 5.41) is 0. The molecule has 1 aliphatic carbocycles. The van der Waals surface area contributed by atoms with E-state index in [1.807, 2.05) is 6.08 Å². The third-order valence-corrected chi connectivity index (χ3v) is 2.89. The van der Waals surface area contributed by atoms with Crippen molar-refractivity contribution in [1.82, 2.24) is 4.90 Å². The molecule has 1 aliphatic heterocycles. The summed E-state index contributed by atoms with van der Waals surface area (Å²) >= 11 is 0. The number of allylic oxidation sites excluding steroid dienone is 2. The lowest BCUT2D eigenvalue weighted by molar-refractivity contribution is -0.120. The minimum atomic E-state index is -0.294. The molecule has 1 spiro atoms. The van der Waals surface area contributed by atoms with Crippen LogP contribution in [0.5, 0.6) is 0 Å². The molecule has 1 saturated heterocycles. The Balaban J connectivity index is 1.95. The van der Waals surface area contributed by atoms with Gasteiger partial charge in [0.25, 0.3) is 0 Å². The van der Waals surface area contributed by atoms with Crippen molar-refractivity contribution in [3.63, 3.8) is 0 Å². The number of ether oxygens (including phenoxy) is 1. The number of nitrogens with zero attached hydrogens (tertiary/aromatic N) is 1. The molecule has 0 bridgehead atoms. The number of carbonyl (C=O) groups excluding carboxylic acids is 2. The van der Waals surface area contributed by atoms with Gasteiger partial charge in [0, 0.05) is 24.9 Å². The predicted octanol–water partition coefficient (Wildman–Crippen LogP) is 0.974. The molecule has 0 radical (unpaired) electrons. The Labute approximate surface area is 82.5 Å². The summed E-state index contributed by atoms with van der Waals surface area (Å²) in [4.78, 5) is 23.9. The Bertz CT molecular complexity index is 302. The van der Waals surface area contributed by atoms with Crippen molar-refractivity contribution in [3.05, 3.63) is 12.2 Å². The first-order chi connectivity index (χ1) is 6.65. The molecule has 2 rings (SSSR count). The van der Waals surface area contributed by atoms with Gasteiger partial charge >= 0.3 is 6.09 Å². The van der Waals surface area contributed by atoms with E-state index in [1.54, 1.807) is 11.0 Å². The summed E-state index contributed by atoms with van der Waals surface area (Å²) in [6, 6.07) is 0. The second-order valence-electron chi connectivity index (χ2n) is 4.08. The van der Waals surface area contributed by atoms with Crippen LogP contribution in [0.2, 0.25) is 0 Å². The fourth-order valence-electron chi connectivity index (χ4n) is 2.20. The Morgan fingerprint density at radius 1 is 1.57 bits per heavy atom. The SMILES string of the molecule is COC(=O)N1CC2(CC=CC(=O)C2)C1. The highest BCUT2D eigenvalue weighted by Gasteiger charge is 2.46. The van der Waals surface area contributed by atoms with Crippen molar-refractivity contribution < 1.29 is 14.3 Å². The maximum Gasteiger partial charge on any atom is 0.409 e. The van der Waals surface area contributed by atoms with Crippen molar-refractivity contribution in [1.29, 1.82) is 0 Å². The quantitative estimate of drug-likeness (QED) is 0.578. The van der Waals surface area contributed by atoms with Gasteiger partial charge in [0.15, 0.2) is 5.78 Å². The summed E-state index contributed by atoms with van der Waals surface area (Å²) < 4.78 is 4.60. The van der Waals surface area contributed by atoms with Crippen molar-refractivity contribution in [2.75, 3.05) is 20.2 Å². The number of ketones is 1. The van der Waals surface area contributed by atoms with Gasteiger partial charge in [-0.2, -0.15) is 0 Å². The van der Waals surface area contributed by atoms with Crippen molar-refractivity contribution in [3.8, 4) is 0 Å². The van der Waals surface area contributed by atoms with E-state index < -0.39 is 0 Å².